The molecule has 2 heterocycles. The molecule has 2 heteroatoms. The summed E-state index contributed by atoms with van der Waals surface area (Å²) in [6.45, 7) is 3.00. The zero-order valence-corrected chi connectivity index (χ0v) is 10.3. The van der Waals surface area contributed by atoms with Gasteiger partial charge in [0, 0.05) is 24.5 Å². The molecule has 1 aromatic carbocycles. The Bertz CT molecular complexity index is 620. The van der Waals surface area contributed by atoms with E-state index in [4.69, 9.17) is 4.42 Å². The van der Waals surface area contributed by atoms with Gasteiger partial charge in [0.2, 0.25) is 0 Å². The molecular weight excluding hydrogens is 222 g/mol. The highest BCUT2D eigenvalue weighted by atomic mass is 16.3. The van der Waals surface area contributed by atoms with Crippen LogP contribution in [-0.2, 0) is 6.54 Å². The molecule has 0 aliphatic heterocycles. The van der Waals surface area contributed by atoms with E-state index in [0.717, 1.165) is 17.9 Å². The van der Waals surface area contributed by atoms with E-state index in [1.807, 2.05) is 18.2 Å². The first-order valence-corrected chi connectivity index (χ1v) is 6.07. The third-order valence-corrected chi connectivity index (χ3v) is 3.07. The van der Waals surface area contributed by atoms with E-state index < -0.39 is 0 Å². The summed E-state index contributed by atoms with van der Waals surface area (Å²) in [6, 6.07) is 14.4. The van der Waals surface area contributed by atoms with E-state index in [2.05, 4.69) is 48.1 Å². The number of hydrogen-bond donors (Lipinski definition) is 0. The fourth-order valence-corrected chi connectivity index (χ4v) is 2.20. The van der Waals surface area contributed by atoms with Gasteiger partial charge in [-0.2, -0.15) is 0 Å². The lowest BCUT2D eigenvalue weighted by atomic mass is 10.2. The van der Waals surface area contributed by atoms with Gasteiger partial charge in [-0.25, -0.2) is 0 Å². The van der Waals surface area contributed by atoms with Gasteiger partial charge in [0.25, 0.3) is 0 Å². The van der Waals surface area contributed by atoms with Crippen molar-refractivity contribution in [2.24, 2.45) is 0 Å². The lowest BCUT2D eigenvalue weighted by Gasteiger charge is -2.02. The first-order valence-electron chi connectivity index (χ1n) is 6.07. The molecule has 2 aromatic heterocycles. The van der Waals surface area contributed by atoms with Gasteiger partial charge in [0.05, 0.1) is 6.26 Å². The molecule has 18 heavy (non-hydrogen) atoms. The normalized spacial score (nSPS) is 10.7. The average molecular weight is 237 g/mol. The zero-order valence-electron chi connectivity index (χ0n) is 10.3. The summed E-state index contributed by atoms with van der Waals surface area (Å²) in [5.41, 5.74) is 3.70. The Morgan fingerprint density at radius 2 is 1.83 bits per heavy atom. The lowest BCUT2D eigenvalue weighted by molar-refractivity contribution is 0.582. The smallest absolute Gasteiger partial charge is 0.135 e. The highest BCUT2D eigenvalue weighted by Crippen LogP contribution is 2.24. The van der Waals surface area contributed by atoms with Crippen molar-refractivity contribution in [2.45, 2.75) is 13.5 Å². The van der Waals surface area contributed by atoms with Crippen LogP contribution in [0.2, 0.25) is 0 Å². The third kappa shape index (κ3) is 2.09. The van der Waals surface area contributed by atoms with Crippen molar-refractivity contribution in [3.8, 4) is 11.3 Å². The van der Waals surface area contributed by atoms with Crippen LogP contribution in [0.4, 0.5) is 0 Å². The van der Waals surface area contributed by atoms with Gasteiger partial charge in [-0.3, -0.25) is 0 Å². The monoisotopic (exact) mass is 237 g/mol. The number of aromatic nitrogens is 1. The van der Waals surface area contributed by atoms with E-state index in [1.54, 1.807) is 6.26 Å². The Morgan fingerprint density at radius 3 is 2.56 bits per heavy atom. The summed E-state index contributed by atoms with van der Waals surface area (Å²) in [7, 11) is 0. The van der Waals surface area contributed by atoms with Crippen LogP contribution >= 0.6 is 0 Å². The van der Waals surface area contributed by atoms with Crippen LogP contribution < -0.4 is 0 Å². The van der Waals surface area contributed by atoms with Crippen molar-refractivity contribution in [1.82, 2.24) is 4.57 Å². The largest absolute Gasteiger partial charge is 0.464 e. The van der Waals surface area contributed by atoms with Gasteiger partial charge in [0.15, 0.2) is 0 Å². The molecule has 0 aliphatic rings. The molecule has 0 aliphatic carbocycles. The molecule has 3 rings (SSSR count). The molecule has 2 nitrogen and oxygen atoms in total. The van der Waals surface area contributed by atoms with Crippen LogP contribution in [0.15, 0.2) is 65.5 Å². The predicted octanol–water partition coefficient (Wildman–Crippen LogP) is 4.10. The number of aryl methyl sites for hydroxylation is 1. The van der Waals surface area contributed by atoms with Crippen molar-refractivity contribution in [2.75, 3.05) is 0 Å². The van der Waals surface area contributed by atoms with E-state index in [1.165, 1.54) is 11.1 Å². The fraction of sp³-hybridized carbons (Fsp3) is 0.125. The molecule has 0 saturated carbocycles. The Morgan fingerprint density at radius 1 is 1.00 bits per heavy atom. The SMILES string of the molecule is Cc1cn(Cc2ccccc2)cc1-c1ccco1. The summed E-state index contributed by atoms with van der Waals surface area (Å²) in [5, 5.41) is 0. The van der Waals surface area contributed by atoms with Crippen LogP contribution in [0.25, 0.3) is 11.3 Å². The van der Waals surface area contributed by atoms with E-state index in [9.17, 15) is 0 Å². The minimum Gasteiger partial charge on any atom is -0.464 e. The van der Waals surface area contributed by atoms with Crippen molar-refractivity contribution in [3.63, 3.8) is 0 Å². The third-order valence-electron chi connectivity index (χ3n) is 3.07. The molecule has 0 radical (unpaired) electrons. The molecule has 0 spiro atoms. The highest BCUT2D eigenvalue weighted by molar-refractivity contribution is 5.61. The first-order chi connectivity index (χ1) is 8.83. The maximum absolute atomic E-state index is 5.45. The minimum atomic E-state index is 0.891. The van der Waals surface area contributed by atoms with Crippen LogP contribution in [0.1, 0.15) is 11.1 Å². The quantitative estimate of drug-likeness (QED) is 0.670. The van der Waals surface area contributed by atoms with Gasteiger partial charge >= 0.3 is 0 Å². The summed E-state index contributed by atoms with van der Waals surface area (Å²) in [4.78, 5) is 0. The van der Waals surface area contributed by atoms with Crippen LogP contribution in [0, 0.1) is 6.92 Å². The van der Waals surface area contributed by atoms with Crippen molar-refractivity contribution in [1.29, 1.82) is 0 Å². The van der Waals surface area contributed by atoms with Gasteiger partial charge in [-0.15, -0.1) is 0 Å². The summed E-state index contributed by atoms with van der Waals surface area (Å²) in [5.74, 6) is 0.930. The maximum Gasteiger partial charge on any atom is 0.135 e. The Kier molecular flexibility index (Phi) is 2.77. The molecule has 0 fully saturated rings. The molecule has 0 N–H and O–H groups in total. The topological polar surface area (TPSA) is 18.1 Å². The van der Waals surface area contributed by atoms with E-state index in [-0.39, 0.29) is 0 Å². The Hall–Kier alpha value is -2.22. The second-order valence-electron chi connectivity index (χ2n) is 4.49. The zero-order chi connectivity index (χ0) is 12.4. The number of nitrogens with zero attached hydrogens (tertiary/aromatic N) is 1. The standard InChI is InChI=1S/C16H15NO/c1-13-10-17(11-14-6-3-2-4-7-14)12-15(13)16-8-5-9-18-16/h2-10,12H,11H2,1H3. The molecule has 0 unspecified atom stereocenters. The number of benzene rings is 1. The summed E-state index contributed by atoms with van der Waals surface area (Å²) in [6.07, 6.45) is 6.01. The fourth-order valence-electron chi connectivity index (χ4n) is 2.20. The van der Waals surface area contributed by atoms with Gasteiger partial charge in [-0.05, 0) is 30.2 Å². The van der Waals surface area contributed by atoms with Crippen molar-refractivity contribution in [3.05, 3.63) is 72.2 Å². The van der Waals surface area contributed by atoms with E-state index in [0.29, 0.717) is 0 Å². The predicted molar refractivity (Wildman–Crippen MR) is 72.4 cm³/mol. The molecular formula is C16H15NO. The molecule has 0 amide bonds. The van der Waals surface area contributed by atoms with Gasteiger partial charge < -0.3 is 8.98 Å². The second-order valence-corrected chi connectivity index (χ2v) is 4.49. The summed E-state index contributed by atoms with van der Waals surface area (Å²) < 4.78 is 7.65. The van der Waals surface area contributed by atoms with Crippen molar-refractivity contribution >= 4 is 0 Å². The maximum atomic E-state index is 5.45. The van der Waals surface area contributed by atoms with Crippen LogP contribution in [0.3, 0.4) is 0 Å². The highest BCUT2D eigenvalue weighted by Gasteiger charge is 2.07. The lowest BCUT2D eigenvalue weighted by Crippen LogP contribution is -1.95. The van der Waals surface area contributed by atoms with E-state index >= 15 is 0 Å². The van der Waals surface area contributed by atoms with Gasteiger partial charge in [0.1, 0.15) is 5.76 Å². The molecule has 0 bridgehead atoms. The van der Waals surface area contributed by atoms with Crippen LogP contribution in [0.5, 0.6) is 0 Å². The average Bonchev–Trinajstić information content (AvgIpc) is 3.00. The van der Waals surface area contributed by atoms with Crippen LogP contribution in [-0.4, -0.2) is 4.57 Å². The molecule has 90 valence electrons. The first kappa shape index (κ1) is 10.9. The molecule has 0 atom stereocenters. The molecule has 3 aromatic rings. The number of hydrogen-bond acceptors (Lipinski definition) is 1. The van der Waals surface area contributed by atoms with Crippen molar-refractivity contribution < 1.29 is 4.42 Å². The Labute approximate surface area is 106 Å². The second kappa shape index (κ2) is 4.57. The minimum absolute atomic E-state index is 0.891. The number of furan rings is 1. The number of rotatable bonds is 3. The Balaban J connectivity index is 1.89. The summed E-state index contributed by atoms with van der Waals surface area (Å²) >= 11 is 0. The van der Waals surface area contributed by atoms with Gasteiger partial charge in [-0.1, -0.05) is 30.3 Å². The molecule has 0 saturated heterocycles.